The number of aliphatic hydroxyl groups excluding tert-OH is 1. The Morgan fingerprint density at radius 2 is 0.963 bits per heavy atom. The number of carbonyl (C=O) groups excluding carboxylic acids is 8. The Hall–Kier alpha value is -8.31. The van der Waals surface area contributed by atoms with Gasteiger partial charge in [0.25, 0.3) is 0 Å². The molecule has 29 nitrogen and oxygen atoms in total. The summed E-state index contributed by atoms with van der Waals surface area (Å²) in [6.45, 7) is 7.02. The van der Waals surface area contributed by atoms with Crippen molar-refractivity contribution in [2.24, 2.45) is 44.6 Å². The summed E-state index contributed by atoms with van der Waals surface area (Å²) >= 11 is 6.09. The van der Waals surface area contributed by atoms with Crippen molar-refractivity contribution in [3.05, 3.63) is 64.7 Å². The molecule has 0 aromatic heterocycles. The number of carbonyl (C=O) groups is 10. The highest BCUT2D eigenvalue weighted by Crippen LogP contribution is 2.15. The molecule has 0 aliphatic rings. The minimum absolute atomic E-state index is 0.00115. The van der Waals surface area contributed by atoms with Gasteiger partial charge in [0.15, 0.2) is 11.9 Å². The minimum atomic E-state index is -1.82. The first-order chi connectivity index (χ1) is 37.5. The third kappa shape index (κ3) is 24.6. The van der Waals surface area contributed by atoms with E-state index >= 15 is 0 Å². The van der Waals surface area contributed by atoms with Gasteiger partial charge < -0.3 is 91.6 Å². The Balaban J connectivity index is 2.32. The molecule has 0 radical (unpaired) electrons. The van der Waals surface area contributed by atoms with E-state index in [-0.39, 0.29) is 75.7 Å². The highest BCUT2D eigenvalue weighted by Gasteiger charge is 2.36. The van der Waals surface area contributed by atoms with Gasteiger partial charge in [-0.1, -0.05) is 56.1 Å². The fourth-order valence-corrected chi connectivity index (χ4v) is 7.58. The van der Waals surface area contributed by atoms with Crippen molar-refractivity contribution in [2.45, 2.75) is 146 Å². The van der Waals surface area contributed by atoms with Gasteiger partial charge in [-0.15, -0.1) is 0 Å². The van der Waals surface area contributed by atoms with Crippen molar-refractivity contribution in [3.8, 4) is 5.75 Å². The molecule has 442 valence electrons. The molecule has 0 saturated heterocycles. The standard InChI is InChI=1S/C50H76ClN15O14/c1-6-24(2)38(65-41(72)26(4)59-44(75)36(23-37(69)70)63-43(74)33(9-7-19-57-49(53)54)61-42(73)32(52)21-28-13-17-31(68)18-14-28)46(77)64-35(22-29-11-15-30(51)16-12-29)45(76)66-39(27(5)67)47(78)60-25(3)40(71)62-34(48(79)80)10-8-20-58-50(55)56/h11-18,24-27,32-36,38-39,67-68H,6-10,19-23,52H2,1-5H3,(H,59,75)(H,60,78)(H,61,73)(H,62,71)(H,63,74)(H,64,77)(H,65,72)(H,66,76)(H,69,70)(H,79,80)(H4,53,54,57)(H4,55,56,58)/t24-,25-,26-,27+,32-,33+,34-,35-,36-,38-,39-/m0/s1. The lowest BCUT2D eigenvalue weighted by molar-refractivity contribution is -0.142. The van der Waals surface area contributed by atoms with Gasteiger partial charge in [0.05, 0.1) is 18.6 Å². The average Bonchev–Trinajstić information content (AvgIpc) is 3.38. The summed E-state index contributed by atoms with van der Waals surface area (Å²) in [5.41, 5.74) is 28.6. The van der Waals surface area contributed by atoms with Crippen LogP contribution in [0.3, 0.4) is 0 Å². The topological polar surface area (TPSA) is 503 Å². The highest BCUT2D eigenvalue weighted by atomic mass is 35.5. The Labute approximate surface area is 466 Å². The zero-order valence-corrected chi connectivity index (χ0v) is 45.8. The van der Waals surface area contributed by atoms with Crippen LogP contribution in [0.5, 0.6) is 5.75 Å². The van der Waals surface area contributed by atoms with Crippen LogP contribution < -0.4 is 71.2 Å². The van der Waals surface area contributed by atoms with E-state index in [1.54, 1.807) is 38.1 Å². The van der Waals surface area contributed by atoms with Gasteiger partial charge in [0, 0.05) is 24.5 Å². The van der Waals surface area contributed by atoms with Crippen LogP contribution in [0.25, 0.3) is 0 Å². The number of aliphatic imine (C=N–C) groups is 2. The van der Waals surface area contributed by atoms with Crippen molar-refractivity contribution in [1.29, 1.82) is 0 Å². The zero-order valence-electron chi connectivity index (χ0n) is 45.1. The van der Waals surface area contributed by atoms with Crippen LogP contribution in [0, 0.1) is 5.92 Å². The number of aliphatic carboxylic acids is 2. The lowest BCUT2D eigenvalue weighted by Crippen LogP contribution is -2.62. The molecule has 8 amide bonds. The molecule has 0 spiro atoms. The molecular weight excluding hydrogens is 1070 g/mol. The number of amides is 8. The number of hydrogen-bond donors (Lipinski definition) is 17. The number of aliphatic hydroxyl groups is 1. The van der Waals surface area contributed by atoms with Gasteiger partial charge >= 0.3 is 11.9 Å². The SMILES string of the molecule is CC[C@H](C)[C@H](NC(=O)[C@H](C)NC(=O)[C@H](CC(=O)O)NC(=O)[C@@H](CCCN=C(N)N)NC(=O)[C@@H](N)Cc1ccc(O)cc1)C(=O)N[C@@H](Cc1ccc(Cl)cc1)C(=O)N[C@H](C(=O)N[C@@H](C)C(=O)N[C@@H](CCCN=C(N)N)C(=O)O)[C@@H](C)O. The van der Waals surface area contributed by atoms with E-state index in [1.807, 2.05) is 0 Å². The van der Waals surface area contributed by atoms with E-state index in [1.165, 1.54) is 45.0 Å². The van der Waals surface area contributed by atoms with E-state index in [0.717, 1.165) is 0 Å². The van der Waals surface area contributed by atoms with Gasteiger partial charge in [0.1, 0.15) is 54.1 Å². The van der Waals surface area contributed by atoms with Crippen molar-refractivity contribution < 1.29 is 68.4 Å². The molecule has 2 rings (SSSR count). The van der Waals surface area contributed by atoms with Crippen molar-refractivity contribution in [1.82, 2.24) is 42.5 Å². The number of hydrogen-bond acceptors (Lipinski definition) is 15. The van der Waals surface area contributed by atoms with Gasteiger partial charge in [0.2, 0.25) is 47.3 Å². The lowest BCUT2D eigenvalue weighted by Gasteiger charge is -2.29. The number of halogens is 1. The molecule has 80 heavy (non-hydrogen) atoms. The van der Waals surface area contributed by atoms with Crippen LogP contribution in [0.4, 0.5) is 0 Å². The van der Waals surface area contributed by atoms with Gasteiger partial charge in [-0.05, 0) is 94.2 Å². The number of aromatic hydroxyl groups is 1. The number of guanidine groups is 2. The van der Waals surface area contributed by atoms with Crippen LogP contribution in [-0.2, 0) is 60.8 Å². The summed E-state index contributed by atoms with van der Waals surface area (Å²) < 4.78 is 0. The normalized spacial score (nSPS) is 15.1. The zero-order chi connectivity index (χ0) is 60.4. The van der Waals surface area contributed by atoms with Gasteiger partial charge in [-0.2, -0.15) is 0 Å². The third-order valence-corrected chi connectivity index (χ3v) is 12.5. The molecule has 30 heteroatoms. The van der Waals surface area contributed by atoms with Crippen LogP contribution >= 0.6 is 11.6 Å². The molecule has 22 N–H and O–H groups in total. The predicted molar refractivity (Wildman–Crippen MR) is 293 cm³/mol. The Bertz CT molecular complexity index is 2510. The highest BCUT2D eigenvalue weighted by molar-refractivity contribution is 6.30. The summed E-state index contributed by atoms with van der Waals surface area (Å²) in [6.07, 6.45) is -2.43. The van der Waals surface area contributed by atoms with E-state index < -0.39 is 132 Å². The summed E-state index contributed by atoms with van der Waals surface area (Å²) in [5.74, 6) is -11.8. The van der Waals surface area contributed by atoms with Crippen molar-refractivity contribution >= 4 is 82.7 Å². The monoisotopic (exact) mass is 1150 g/mol. The quantitative estimate of drug-likeness (QED) is 0.0181. The second-order valence-electron chi connectivity index (χ2n) is 18.9. The Morgan fingerprint density at radius 3 is 1.48 bits per heavy atom. The van der Waals surface area contributed by atoms with Gasteiger partial charge in [-0.25, -0.2) is 4.79 Å². The second-order valence-corrected chi connectivity index (χ2v) is 19.4. The molecule has 0 fully saturated rings. The first kappa shape index (κ1) is 67.8. The molecule has 11 atom stereocenters. The number of carboxylic acids is 2. The second kappa shape index (κ2) is 33.9. The molecule has 0 unspecified atom stereocenters. The first-order valence-electron chi connectivity index (χ1n) is 25.5. The number of carboxylic acid groups (broad SMARTS) is 2. The number of nitrogens with zero attached hydrogens (tertiary/aromatic N) is 2. The van der Waals surface area contributed by atoms with Crippen molar-refractivity contribution in [2.75, 3.05) is 13.1 Å². The smallest absolute Gasteiger partial charge is 0.326 e. The molecule has 0 bridgehead atoms. The summed E-state index contributed by atoms with van der Waals surface area (Å²) in [4.78, 5) is 141. The maximum Gasteiger partial charge on any atom is 0.326 e. The lowest BCUT2D eigenvalue weighted by atomic mass is 9.96. The number of rotatable bonds is 34. The summed E-state index contributed by atoms with van der Waals surface area (Å²) in [6, 6.07) is -1.36. The summed E-state index contributed by atoms with van der Waals surface area (Å²) in [5, 5.41) is 59.4. The molecule has 2 aromatic rings. The maximum atomic E-state index is 14.2. The number of phenolic OH excluding ortho intramolecular Hbond substituents is 1. The van der Waals surface area contributed by atoms with Crippen LogP contribution in [-0.4, -0.2) is 165 Å². The number of benzene rings is 2. The summed E-state index contributed by atoms with van der Waals surface area (Å²) in [7, 11) is 0. The molecule has 0 saturated carbocycles. The van der Waals surface area contributed by atoms with E-state index in [0.29, 0.717) is 16.1 Å². The van der Waals surface area contributed by atoms with E-state index in [2.05, 4.69) is 52.5 Å². The Morgan fingerprint density at radius 1 is 0.537 bits per heavy atom. The number of nitrogens with two attached hydrogens (primary N) is 5. The minimum Gasteiger partial charge on any atom is -0.508 e. The fourth-order valence-electron chi connectivity index (χ4n) is 7.46. The number of nitrogens with one attached hydrogen (secondary N) is 8. The third-order valence-electron chi connectivity index (χ3n) is 12.2. The molecule has 0 aliphatic carbocycles. The molecule has 2 aromatic carbocycles. The van der Waals surface area contributed by atoms with Crippen LogP contribution in [0.15, 0.2) is 58.5 Å². The van der Waals surface area contributed by atoms with Gasteiger partial charge in [-0.3, -0.25) is 53.1 Å². The van der Waals surface area contributed by atoms with Crippen molar-refractivity contribution in [3.63, 3.8) is 0 Å². The fraction of sp³-hybridized carbons (Fsp3) is 0.520. The van der Waals surface area contributed by atoms with Crippen LogP contribution in [0.1, 0.15) is 84.3 Å². The van der Waals surface area contributed by atoms with E-state index in [9.17, 15) is 68.4 Å². The largest absolute Gasteiger partial charge is 0.508 e. The van der Waals surface area contributed by atoms with E-state index in [4.69, 9.17) is 40.3 Å². The van der Waals surface area contributed by atoms with Crippen LogP contribution in [0.2, 0.25) is 5.02 Å². The maximum absolute atomic E-state index is 14.2. The molecule has 0 aliphatic heterocycles. The molecule has 0 heterocycles. The number of phenols is 1. The first-order valence-corrected chi connectivity index (χ1v) is 25.8. The Kier molecular flexibility index (Phi) is 28.7. The molecular formula is C50H76ClN15O14. The predicted octanol–water partition coefficient (Wildman–Crippen LogP) is -3.83. The average molecular weight is 1150 g/mol.